The summed E-state index contributed by atoms with van der Waals surface area (Å²) in [5.74, 6) is 0.818. The second kappa shape index (κ2) is 4.59. The maximum absolute atomic E-state index is 4.65. The predicted molar refractivity (Wildman–Crippen MR) is 83.3 cm³/mol. The first-order valence-electron chi connectivity index (χ1n) is 6.86. The summed E-state index contributed by atoms with van der Waals surface area (Å²) in [5, 5.41) is 4.64. The Morgan fingerprint density at radius 2 is 1.62 bits per heavy atom. The Morgan fingerprint density at radius 1 is 0.857 bits per heavy atom. The summed E-state index contributed by atoms with van der Waals surface area (Å²) in [6, 6.07) is 20.3. The predicted octanol–water partition coefficient (Wildman–Crippen LogP) is 3.43. The van der Waals surface area contributed by atoms with Crippen LogP contribution in [0.4, 0.5) is 0 Å². The van der Waals surface area contributed by atoms with Crippen LogP contribution in [-0.4, -0.2) is 19.3 Å². The van der Waals surface area contributed by atoms with Gasteiger partial charge in [-0.15, -0.1) is 0 Å². The average Bonchev–Trinajstić information content (AvgIpc) is 3.14. The van der Waals surface area contributed by atoms with Gasteiger partial charge < -0.3 is 4.57 Å². The van der Waals surface area contributed by atoms with Gasteiger partial charge in [-0.1, -0.05) is 42.5 Å². The summed E-state index contributed by atoms with van der Waals surface area (Å²) in [4.78, 5) is 4.65. The van der Waals surface area contributed by atoms with E-state index >= 15 is 0 Å². The van der Waals surface area contributed by atoms with Gasteiger partial charge >= 0.3 is 0 Å². The largest absolute Gasteiger partial charge is 0.311 e. The number of fused-ring (bicyclic) bond motifs is 1. The van der Waals surface area contributed by atoms with Crippen molar-refractivity contribution < 1.29 is 0 Å². The lowest BCUT2D eigenvalue weighted by Gasteiger charge is -2.01. The van der Waals surface area contributed by atoms with E-state index in [0.717, 1.165) is 28.2 Å². The molecule has 4 rings (SSSR count). The third-order valence-electron chi connectivity index (χ3n) is 3.63. The number of rotatable bonds is 2. The number of benzene rings is 2. The summed E-state index contributed by atoms with van der Waals surface area (Å²) >= 11 is 0. The van der Waals surface area contributed by atoms with Crippen LogP contribution in [0.15, 0.2) is 66.9 Å². The minimum atomic E-state index is 0.818. The SMILES string of the molecule is Cn1c(-n2ccc(-c3ccccc3)n2)nc2ccccc21. The van der Waals surface area contributed by atoms with Gasteiger partial charge in [-0.25, -0.2) is 9.67 Å². The highest BCUT2D eigenvalue weighted by Gasteiger charge is 2.10. The molecule has 0 aliphatic carbocycles. The molecular formula is C17H14N4. The highest BCUT2D eigenvalue weighted by Crippen LogP contribution is 2.20. The third kappa shape index (κ3) is 1.92. The first-order valence-corrected chi connectivity index (χ1v) is 6.86. The van der Waals surface area contributed by atoms with Gasteiger partial charge in [0.25, 0.3) is 0 Å². The molecule has 21 heavy (non-hydrogen) atoms. The molecular weight excluding hydrogens is 260 g/mol. The lowest BCUT2D eigenvalue weighted by Crippen LogP contribution is -2.03. The molecule has 2 heterocycles. The molecule has 4 heteroatoms. The van der Waals surface area contributed by atoms with Gasteiger partial charge in [0.15, 0.2) is 0 Å². The Labute approximate surface area is 122 Å². The van der Waals surface area contributed by atoms with E-state index in [1.807, 2.05) is 60.4 Å². The lowest BCUT2D eigenvalue weighted by molar-refractivity contribution is 0.763. The Bertz CT molecular complexity index is 903. The van der Waals surface area contributed by atoms with Crippen molar-refractivity contribution in [1.29, 1.82) is 0 Å². The zero-order valence-electron chi connectivity index (χ0n) is 11.6. The molecule has 0 aliphatic heterocycles. The number of hydrogen-bond acceptors (Lipinski definition) is 2. The van der Waals surface area contributed by atoms with Crippen LogP contribution in [-0.2, 0) is 7.05 Å². The monoisotopic (exact) mass is 274 g/mol. The van der Waals surface area contributed by atoms with Gasteiger partial charge in [0.1, 0.15) is 0 Å². The molecule has 0 N–H and O–H groups in total. The van der Waals surface area contributed by atoms with E-state index in [1.54, 1.807) is 0 Å². The van der Waals surface area contributed by atoms with Crippen molar-refractivity contribution in [2.45, 2.75) is 0 Å². The van der Waals surface area contributed by atoms with Gasteiger partial charge in [0.2, 0.25) is 5.95 Å². The van der Waals surface area contributed by atoms with Gasteiger partial charge in [-0.3, -0.25) is 0 Å². The molecule has 2 aromatic heterocycles. The Kier molecular flexibility index (Phi) is 2.60. The molecule has 0 radical (unpaired) electrons. The highest BCUT2D eigenvalue weighted by atomic mass is 15.4. The number of imidazole rings is 1. The quantitative estimate of drug-likeness (QED) is 0.561. The van der Waals surface area contributed by atoms with Crippen LogP contribution < -0.4 is 0 Å². The van der Waals surface area contributed by atoms with Gasteiger partial charge in [-0.2, -0.15) is 5.10 Å². The molecule has 0 spiro atoms. The number of aryl methyl sites for hydroxylation is 1. The van der Waals surface area contributed by atoms with Crippen molar-refractivity contribution in [1.82, 2.24) is 19.3 Å². The van der Waals surface area contributed by atoms with Crippen LogP contribution in [0.3, 0.4) is 0 Å². The van der Waals surface area contributed by atoms with Crippen molar-refractivity contribution in [2.24, 2.45) is 7.05 Å². The maximum Gasteiger partial charge on any atom is 0.231 e. The van der Waals surface area contributed by atoms with E-state index in [2.05, 4.69) is 32.8 Å². The molecule has 0 bridgehead atoms. The molecule has 0 unspecified atom stereocenters. The van der Waals surface area contributed by atoms with E-state index in [0.29, 0.717) is 0 Å². The fraction of sp³-hybridized carbons (Fsp3) is 0.0588. The van der Waals surface area contributed by atoms with Gasteiger partial charge in [-0.05, 0) is 18.2 Å². The van der Waals surface area contributed by atoms with E-state index in [1.165, 1.54) is 0 Å². The Balaban J connectivity index is 1.83. The van der Waals surface area contributed by atoms with Crippen molar-refractivity contribution in [3.8, 4) is 17.2 Å². The van der Waals surface area contributed by atoms with Crippen molar-refractivity contribution in [2.75, 3.05) is 0 Å². The van der Waals surface area contributed by atoms with Crippen molar-refractivity contribution in [3.05, 3.63) is 66.9 Å². The summed E-state index contributed by atoms with van der Waals surface area (Å²) < 4.78 is 3.87. The van der Waals surface area contributed by atoms with E-state index in [4.69, 9.17) is 0 Å². The highest BCUT2D eigenvalue weighted by molar-refractivity contribution is 5.77. The summed E-state index contributed by atoms with van der Waals surface area (Å²) in [6.07, 6.45) is 1.95. The smallest absolute Gasteiger partial charge is 0.231 e. The molecule has 102 valence electrons. The Morgan fingerprint density at radius 3 is 2.43 bits per heavy atom. The normalized spacial score (nSPS) is 11.1. The third-order valence-corrected chi connectivity index (χ3v) is 3.63. The van der Waals surface area contributed by atoms with Crippen LogP contribution in [0.1, 0.15) is 0 Å². The molecule has 4 nitrogen and oxygen atoms in total. The van der Waals surface area contributed by atoms with Gasteiger partial charge in [0, 0.05) is 18.8 Å². The fourth-order valence-corrected chi connectivity index (χ4v) is 2.54. The van der Waals surface area contributed by atoms with Crippen LogP contribution in [0.5, 0.6) is 0 Å². The first kappa shape index (κ1) is 11.9. The molecule has 0 saturated heterocycles. The van der Waals surface area contributed by atoms with E-state index in [-0.39, 0.29) is 0 Å². The van der Waals surface area contributed by atoms with Gasteiger partial charge in [0.05, 0.1) is 16.7 Å². The second-order valence-corrected chi connectivity index (χ2v) is 4.97. The molecule has 0 atom stereocenters. The van der Waals surface area contributed by atoms with Crippen LogP contribution >= 0.6 is 0 Å². The number of nitrogens with zero attached hydrogens (tertiary/aromatic N) is 4. The molecule has 2 aromatic carbocycles. The zero-order chi connectivity index (χ0) is 14.2. The average molecular weight is 274 g/mol. The number of hydrogen-bond donors (Lipinski definition) is 0. The fourth-order valence-electron chi connectivity index (χ4n) is 2.54. The van der Waals surface area contributed by atoms with Crippen molar-refractivity contribution in [3.63, 3.8) is 0 Å². The minimum absolute atomic E-state index is 0.818. The minimum Gasteiger partial charge on any atom is -0.311 e. The summed E-state index contributed by atoms with van der Waals surface area (Å²) in [7, 11) is 2.01. The zero-order valence-corrected chi connectivity index (χ0v) is 11.6. The first-order chi connectivity index (χ1) is 10.3. The van der Waals surface area contributed by atoms with E-state index in [9.17, 15) is 0 Å². The second-order valence-electron chi connectivity index (χ2n) is 4.97. The van der Waals surface area contributed by atoms with Crippen molar-refractivity contribution >= 4 is 11.0 Å². The molecule has 0 aliphatic rings. The standard InChI is InChI=1S/C17H14N4/c1-20-16-10-6-5-9-15(16)18-17(20)21-12-11-14(19-21)13-7-3-2-4-8-13/h2-12H,1H3. The Hall–Kier alpha value is -2.88. The summed E-state index contributed by atoms with van der Waals surface area (Å²) in [5.41, 5.74) is 4.13. The maximum atomic E-state index is 4.65. The summed E-state index contributed by atoms with van der Waals surface area (Å²) in [6.45, 7) is 0. The number of para-hydroxylation sites is 2. The number of aromatic nitrogens is 4. The lowest BCUT2D eigenvalue weighted by atomic mass is 10.2. The van der Waals surface area contributed by atoms with Crippen LogP contribution in [0.2, 0.25) is 0 Å². The molecule has 0 fully saturated rings. The molecule has 4 aromatic rings. The van der Waals surface area contributed by atoms with E-state index < -0.39 is 0 Å². The van der Waals surface area contributed by atoms with Crippen LogP contribution in [0, 0.1) is 0 Å². The molecule has 0 saturated carbocycles. The topological polar surface area (TPSA) is 35.6 Å². The molecule has 0 amide bonds. The van der Waals surface area contributed by atoms with Crippen LogP contribution in [0.25, 0.3) is 28.2 Å².